The van der Waals surface area contributed by atoms with Crippen LogP contribution in [0.15, 0.2) is 24.5 Å². The van der Waals surface area contributed by atoms with Gasteiger partial charge >= 0.3 is 0 Å². The Balaban J connectivity index is 0.00000361. The summed E-state index contributed by atoms with van der Waals surface area (Å²) in [6, 6.07) is 4.22. The van der Waals surface area contributed by atoms with Crippen molar-refractivity contribution in [1.82, 2.24) is 0 Å². The van der Waals surface area contributed by atoms with Crippen LogP contribution in [0.4, 0.5) is 0 Å². The van der Waals surface area contributed by atoms with E-state index >= 15 is 0 Å². The quantitative estimate of drug-likeness (QED) is 0.421. The first-order valence-corrected chi connectivity index (χ1v) is 7.44. The molecule has 0 radical (unpaired) electrons. The number of aryl methyl sites for hydroxylation is 1. The molecule has 0 aliphatic carbocycles. The molecule has 0 spiro atoms. The highest BCUT2D eigenvalue weighted by atomic mass is 35.5. The van der Waals surface area contributed by atoms with E-state index in [1.165, 1.54) is 31.2 Å². The Morgan fingerprint density at radius 1 is 0.900 bits per heavy atom. The molecule has 0 aliphatic rings. The third-order valence-corrected chi connectivity index (χ3v) is 3.07. The van der Waals surface area contributed by atoms with Gasteiger partial charge in [0.15, 0.2) is 18.9 Å². The van der Waals surface area contributed by atoms with Crippen molar-refractivity contribution in [1.29, 1.82) is 0 Å². The topological polar surface area (TPSA) is 22.3 Å². The first-order chi connectivity index (χ1) is 9.33. The Morgan fingerprint density at radius 3 is 2.20 bits per heavy atom. The third-order valence-electron chi connectivity index (χ3n) is 3.07. The summed E-state index contributed by atoms with van der Waals surface area (Å²) in [5.41, 5.74) is 1.29. The van der Waals surface area contributed by atoms with E-state index in [2.05, 4.69) is 42.9 Å². The number of aromatic nitrogens is 1. The predicted molar refractivity (Wildman–Crippen MR) is 77.2 cm³/mol. The van der Waals surface area contributed by atoms with Crippen molar-refractivity contribution in [2.45, 2.75) is 46.1 Å². The molecule has 0 fully saturated rings. The second-order valence-corrected chi connectivity index (χ2v) is 4.90. The maximum Gasteiger partial charge on any atom is 0.171 e. The number of hydrogen-bond acceptors (Lipinski definition) is 2. The number of ether oxygens (including phenoxy) is 2. The highest BCUT2D eigenvalue weighted by Crippen LogP contribution is 1.98. The zero-order valence-corrected chi connectivity index (χ0v) is 13.6. The predicted octanol–water partition coefficient (Wildman–Crippen LogP) is -0.1000. The molecule has 20 heavy (non-hydrogen) atoms. The van der Waals surface area contributed by atoms with Gasteiger partial charge < -0.3 is 21.9 Å². The molecule has 0 aliphatic heterocycles. The lowest BCUT2D eigenvalue weighted by Gasteiger charge is -2.04. The number of unbranched alkanes of at least 4 members (excludes halogenated alkanes) is 3. The zero-order valence-electron chi connectivity index (χ0n) is 12.8. The first kappa shape index (κ1) is 19.4. The Hall–Kier alpha value is -0.640. The Bertz CT molecular complexity index is 317. The van der Waals surface area contributed by atoms with Crippen molar-refractivity contribution < 1.29 is 26.4 Å². The molecule has 0 aromatic carbocycles. The fourth-order valence-corrected chi connectivity index (χ4v) is 1.80. The highest BCUT2D eigenvalue weighted by Gasteiger charge is 1.99. The van der Waals surface area contributed by atoms with E-state index in [1.54, 1.807) is 0 Å². The summed E-state index contributed by atoms with van der Waals surface area (Å²) in [7, 11) is 0. The molecule has 4 heteroatoms. The van der Waals surface area contributed by atoms with Gasteiger partial charge in [-0.3, -0.25) is 0 Å². The van der Waals surface area contributed by atoms with Gasteiger partial charge in [0.1, 0.15) is 6.61 Å². The second kappa shape index (κ2) is 13.3. The minimum Gasteiger partial charge on any atom is -1.00 e. The molecule has 1 rings (SSSR count). The Labute approximate surface area is 129 Å². The standard InChI is InChI=1S/C16H28NO2.ClH/c1-3-4-5-6-12-18-14-15-19-13-11-17-9-7-16(2)8-10-17;/h7-10H,3-6,11-15H2,1-2H3;1H/q+1;/p-1. The van der Waals surface area contributed by atoms with E-state index in [0.717, 1.165) is 19.8 Å². The van der Waals surface area contributed by atoms with Crippen LogP contribution in [-0.2, 0) is 16.0 Å². The third kappa shape index (κ3) is 10.2. The van der Waals surface area contributed by atoms with Crippen LogP contribution in [0.1, 0.15) is 38.2 Å². The molecule has 0 amide bonds. The van der Waals surface area contributed by atoms with Gasteiger partial charge in [0.25, 0.3) is 0 Å². The number of halogens is 1. The van der Waals surface area contributed by atoms with Gasteiger partial charge in [-0.25, -0.2) is 4.57 Å². The van der Waals surface area contributed by atoms with E-state index in [4.69, 9.17) is 9.47 Å². The van der Waals surface area contributed by atoms with E-state index in [9.17, 15) is 0 Å². The largest absolute Gasteiger partial charge is 1.00 e. The summed E-state index contributed by atoms with van der Waals surface area (Å²) in [6.07, 6.45) is 9.22. The number of rotatable bonds is 11. The van der Waals surface area contributed by atoms with Gasteiger partial charge in [-0.1, -0.05) is 26.2 Å². The van der Waals surface area contributed by atoms with Crippen molar-refractivity contribution >= 4 is 0 Å². The summed E-state index contributed by atoms with van der Waals surface area (Å²) in [5, 5.41) is 0. The van der Waals surface area contributed by atoms with Crippen molar-refractivity contribution in [3.8, 4) is 0 Å². The van der Waals surface area contributed by atoms with Crippen LogP contribution in [-0.4, -0.2) is 26.4 Å². The van der Waals surface area contributed by atoms with Gasteiger partial charge in [-0.2, -0.15) is 0 Å². The molecular weight excluding hydrogens is 274 g/mol. The average molecular weight is 302 g/mol. The van der Waals surface area contributed by atoms with Crippen LogP contribution >= 0.6 is 0 Å². The molecule has 0 bridgehead atoms. The number of nitrogens with zero attached hydrogens (tertiary/aromatic N) is 1. The van der Waals surface area contributed by atoms with Crippen LogP contribution in [0.5, 0.6) is 0 Å². The lowest BCUT2D eigenvalue weighted by molar-refractivity contribution is -0.698. The summed E-state index contributed by atoms with van der Waals surface area (Å²) < 4.78 is 13.2. The minimum atomic E-state index is 0. The molecule has 1 aromatic heterocycles. The molecule has 0 N–H and O–H groups in total. The van der Waals surface area contributed by atoms with Crippen molar-refractivity contribution in [2.75, 3.05) is 26.4 Å². The van der Waals surface area contributed by atoms with Crippen molar-refractivity contribution in [3.05, 3.63) is 30.1 Å². The fraction of sp³-hybridized carbons (Fsp3) is 0.688. The van der Waals surface area contributed by atoms with Crippen LogP contribution < -0.4 is 17.0 Å². The average Bonchev–Trinajstić information content (AvgIpc) is 2.43. The van der Waals surface area contributed by atoms with Gasteiger partial charge in [0.05, 0.1) is 13.2 Å². The van der Waals surface area contributed by atoms with Gasteiger partial charge in [0, 0.05) is 18.7 Å². The van der Waals surface area contributed by atoms with Gasteiger partial charge in [-0.15, -0.1) is 0 Å². The molecule has 1 heterocycles. The molecule has 0 atom stereocenters. The Morgan fingerprint density at radius 2 is 1.55 bits per heavy atom. The normalized spacial score (nSPS) is 10.3. The molecule has 0 saturated carbocycles. The van der Waals surface area contributed by atoms with Gasteiger partial charge in [-0.05, 0) is 18.9 Å². The van der Waals surface area contributed by atoms with E-state index < -0.39 is 0 Å². The molecule has 1 aromatic rings. The summed E-state index contributed by atoms with van der Waals surface area (Å²) in [5.74, 6) is 0. The fourth-order valence-electron chi connectivity index (χ4n) is 1.80. The minimum absolute atomic E-state index is 0. The molecule has 116 valence electrons. The van der Waals surface area contributed by atoms with Crippen LogP contribution in [0, 0.1) is 6.92 Å². The number of hydrogen-bond donors (Lipinski definition) is 0. The summed E-state index contributed by atoms with van der Waals surface area (Å²) >= 11 is 0. The highest BCUT2D eigenvalue weighted by molar-refractivity contribution is 5.03. The summed E-state index contributed by atoms with van der Waals surface area (Å²) in [6.45, 7) is 8.24. The first-order valence-electron chi connectivity index (χ1n) is 7.44. The Kier molecular flexibility index (Phi) is 12.9. The lowest BCUT2D eigenvalue weighted by atomic mass is 10.2. The van der Waals surface area contributed by atoms with Crippen molar-refractivity contribution in [3.63, 3.8) is 0 Å². The van der Waals surface area contributed by atoms with Crippen LogP contribution in [0.3, 0.4) is 0 Å². The van der Waals surface area contributed by atoms with Gasteiger partial charge in [0.2, 0.25) is 0 Å². The molecular formula is C16H28ClNO2. The summed E-state index contributed by atoms with van der Waals surface area (Å²) in [4.78, 5) is 0. The lowest BCUT2D eigenvalue weighted by Crippen LogP contribution is -3.00. The SMILES string of the molecule is CCCCCCOCCOCC[n+]1ccc(C)cc1.[Cl-]. The molecule has 0 saturated heterocycles. The monoisotopic (exact) mass is 301 g/mol. The molecule has 0 unspecified atom stereocenters. The maximum absolute atomic E-state index is 5.55. The van der Waals surface area contributed by atoms with Crippen LogP contribution in [0.25, 0.3) is 0 Å². The van der Waals surface area contributed by atoms with E-state index in [0.29, 0.717) is 13.2 Å². The van der Waals surface area contributed by atoms with Crippen LogP contribution in [0.2, 0.25) is 0 Å². The second-order valence-electron chi connectivity index (χ2n) is 4.90. The van der Waals surface area contributed by atoms with Crippen molar-refractivity contribution in [2.24, 2.45) is 0 Å². The van der Waals surface area contributed by atoms with E-state index in [1.807, 2.05) is 0 Å². The zero-order chi connectivity index (χ0) is 13.8. The van der Waals surface area contributed by atoms with E-state index in [-0.39, 0.29) is 12.4 Å². The molecule has 3 nitrogen and oxygen atoms in total. The maximum atomic E-state index is 5.55. The number of pyridine rings is 1. The smallest absolute Gasteiger partial charge is 0.171 e.